The van der Waals surface area contributed by atoms with Gasteiger partial charge < -0.3 is 26.3 Å². The van der Waals surface area contributed by atoms with Crippen molar-refractivity contribution in [1.82, 2.24) is 10.8 Å². The highest BCUT2D eigenvalue weighted by molar-refractivity contribution is 7.92. The van der Waals surface area contributed by atoms with Crippen LogP contribution in [0.15, 0.2) is 36.4 Å². The monoisotopic (exact) mass is 577 g/mol. The van der Waals surface area contributed by atoms with E-state index in [1.807, 2.05) is 39.8 Å². The topological polar surface area (TPSA) is 172 Å². The summed E-state index contributed by atoms with van der Waals surface area (Å²) in [5.41, 5.74) is 10.1. The molecule has 0 heterocycles. The number of hydrogen-bond donors (Lipinski definition) is 6. The Morgan fingerprint density at radius 1 is 1.10 bits per heavy atom. The van der Waals surface area contributed by atoms with Gasteiger partial charge in [-0.2, -0.15) is 5.48 Å². The maximum Gasteiger partial charge on any atom is 0.255 e. The van der Waals surface area contributed by atoms with Gasteiger partial charge in [0.1, 0.15) is 18.4 Å². The molecule has 0 spiro atoms. The minimum absolute atomic E-state index is 0.0142. The third-order valence-corrected chi connectivity index (χ3v) is 7.32. The normalized spacial score (nSPS) is 13.7. The van der Waals surface area contributed by atoms with Crippen molar-refractivity contribution in [2.75, 3.05) is 22.8 Å². The van der Waals surface area contributed by atoms with E-state index in [0.29, 0.717) is 30.6 Å². The molecule has 0 bridgehead atoms. The summed E-state index contributed by atoms with van der Waals surface area (Å²) in [5.74, 6) is -0.312. The number of hydroxylamine groups is 1. The number of anilines is 2. The molecular weight excluding hydrogens is 534 g/mol. The van der Waals surface area contributed by atoms with Crippen LogP contribution in [0.4, 0.5) is 11.4 Å². The summed E-state index contributed by atoms with van der Waals surface area (Å²) in [6, 6.07) is 9.04. The van der Waals surface area contributed by atoms with E-state index in [2.05, 4.69) is 20.8 Å². The number of nitrogens with two attached hydrogens (primary N) is 1. The van der Waals surface area contributed by atoms with Gasteiger partial charge >= 0.3 is 0 Å². The van der Waals surface area contributed by atoms with Crippen LogP contribution >= 0.6 is 0 Å². The fourth-order valence-electron chi connectivity index (χ4n) is 3.95. The van der Waals surface area contributed by atoms with Gasteiger partial charge in [-0.15, -0.1) is 0 Å². The Labute approximate surface area is 237 Å². The van der Waals surface area contributed by atoms with E-state index in [4.69, 9.17) is 10.5 Å². The van der Waals surface area contributed by atoms with Gasteiger partial charge in [0.15, 0.2) is 0 Å². The number of aryl methyl sites for hydroxylation is 1. The smallest absolute Gasteiger partial charge is 0.255 e. The Morgan fingerprint density at radius 2 is 1.82 bits per heavy atom. The van der Waals surface area contributed by atoms with Crippen LogP contribution < -0.4 is 31.3 Å². The lowest BCUT2D eigenvalue weighted by molar-refractivity contribution is -0.120. The first-order valence-corrected chi connectivity index (χ1v) is 15.3. The first-order valence-electron chi connectivity index (χ1n) is 13.4. The molecule has 222 valence electrons. The molecule has 7 N–H and O–H groups in total. The Kier molecular flexibility index (Phi) is 12.8. The second kappa shape index (κ2) is 15.6. The van der Waals surface area contributed by atoms with Gasteiger partial charge in [-0.3, -0.25) is 14.3 Å². The maximum atomic E-state index is 13.2. The zero-order valence-corrected chi connectivity index (χ0v) is 24.7. The fraction of sp³-hybridized carbons (Fsp3) is 0.500. The molecule has 11 nitrogen and oxygen atoms in total. The van der Waals surface area contributed by atoms with Crippen molar-refractivity contribution >= 4 is 33.2 Å². The molecule has 0 saturated heterocycles. The van der Waals surface area contributed by atoms with Crippen LogP contribution in [0.5, 0.6) is 5.75 Å². The number of carbonyl (C=O) groups is 2. The molecule has 3 atom stereocenters. The summed E-state index contributed by atoms with van der Waals surface area (Å²) in [4.78, 5) is 26.1. The lowest BCUT2D eigenvalue weighted by atomic mass is 10.0. The SMILES string of the molecule is CCC(C)[C@@H](C)NC(=O)c1cc(NS(C)(=O)=O)ccc1OCc1ccc(C)cc1NC(=O)C(CCCCN)NO. The van der Waals surface area contributed by atoms with Gasteiger partial charge in [0, 0.05) is 23.0 Å². The number of hydrogen-bond acceptors (Lipinski definition) is 8. The van der Waals surface area contributed by atoms with E-state index in [9.17, 15) is 23.2 Å². The van der Waals surface area contributed by atoms with E-state index >= 15 is 0 Å². The van der Waals surface area contributed by atoms with Crippen molar-refractivity contribution in [2.45, 2.75) is 72.1 Å². The quantitative estimate of drug-likeness (QED) is 0.130. The summed E-state index contributed by atoms with van der Waals surface area (Å²) < 4.78 is 32.0. The number of rotatable bonds is 16. The van der Waals surface area contributed by atoms with Gasteiger partial charge in [0.2, 0.25) is 15.9 Å². The van der Waals surface area contributed by atoms with Crippen molar-refractivity contribution in [2.24, 2.45) is 11.7 Å². The van der Waals surface area contributed by atoms with Crippen LogP contribution in [0.3, 0.4) is 0 Å². The second-order valence-electron chi connectivity index (χ2n) is 10.1. The lowest BCUT2D eigenvalue weighted by Crippen LogP contribution is -2.39. The molecule has 0 aromatic heterocycles. The lowest BCUT2D eigenvalue weighted by Gasteiger charge is -2.21. The summed E-state index contributed by atoms with van der Waals surface area (Å²) in [7, 11) is -3.56. The van der Waals surface area contributed by atoms with Gasteiger partial charge in [-0.25, -0.2) is 8.42 Å². The zero-order chi connectivity index (χ0) is 29.9. The Morgan fingerprint density at radius 3 is 2.45 bits per heavy atom. The van der Waals surface area contributed by atoms with E-state index in [1.54, 1.807) is 6.07 Å². The van der Waals surface area contributed by atoms with Crippen molar-refractivity contribution in [3.8, 4) is 5.75 Å². The average Bonchev–Trinajstić information content (AvgIpc) is 2.89. The molecule has 2 unspecified atom stereocenters. The number of sulfonamides is 1. The Bertz CT molecular complexity index is 1250. The molecule has 0 fully saturated rings. The Balaban J connectivity index is 2.31. The summed E-state index contributed by atoms with van der Waals surface area (Å²) >= 11 is 0. The number of unbranched alkanes of at least 4 members (excludes halogenated alkanes) is 1. The maximum absolute atomic E-state index is 13.2. The largest absolute Gasteiger partial charge is 0.488 e. The van der Waals surface area contributed by atoms with Crippen molar-refractivity contribution < 1.29 is 28.0 Å². The van der Waals surface area contributed by atoms with Crippen LogP contribution in [-0.4, -0.2) is 50.3 Å². The van der Waals surface area contributed by atoms with Crippen molar-refractivity contribution in [3.05, 3.63) is 53.1 Å². The third-order valence-electron chi connectivity index (χ3n) is 6.71. The number of benzene rings is 2. The molecule has 2 aromatic rings. The molecule has 40 heavy (non-hydrogen) atoms. The van der Waals surface area contributed by atoms with Gasteiger partial charge in [-0.05, 0) is 69.0 Å². The van der Waals surface area contributed by atoms with Crippen LogP contribution in [0, 0.1) is 12.8 Å². The molecule has 12 heteroatoms. The molecule has 0 saturated carbocycles. The first-order chi connectivity index (χ1) is 18.9. The average molecular weight is 578 g/mol. The van der Waals surface area contributed by atoms with E-state index in [-0.39, 0.29) is 35.6 Å². The van der Waals surface area contributed by atoms with Crippen LogP contribution in [-0.2, 0) is 21.4 Å². The third kappa shape index (κ3) is 10.4. The molecular formula is C28H43N5O6S. The summed E-state index contributed by atoms with van der Waals surface area (Å²) in [6.07, 6.45) is 3.74. The molecule has 0 radical (unpaired) electrons. The van der Waals surface area contributed by atoms with Gasteiger partial charge in [0.25, 0.3) is 5.91 Å². The van der Waals surface area contributed by atoms with Crippen LogP contribution in [0.1, 0.15) is 67.9 Å². The highest BCUT2D eigenvalue weighted by Crippen LogP contribution is 2.27. The van der Waals surface area contributed by atoms with E-state index < -0.39 is 27.9 Å². The summed E-state index contributed by atoms with van der Waals surface area (Å²) in [5, 5.41) is 15.3. The highest BCUT2D eigenvalue weighted by Gasteiger charge is 2.21. The van der Waals surface area contributed by atoms with Crippen molar-refractivity contribution in [1.29, 1.82) is 0 Å². The predicted molar refractivity (Wildman–Crippen MR) is 157 cm³/mol. The highest BCUT2D eigenvalue weighted by atomic mass is 32.2. The second-order valence-corrected chi connectivity index (χ2v) is 11.9. The minimum atomic E-state index is -3.56. The fourth-order valence-corrected chi connectivity index (χ4v) is 4.50. The number of carbonyl (C=O) groups excluding carboxylic acids is 2. The zero-order valence-electron chi connectivity index (χ0n) is 23.9. The Hall–Kier alpha value is -3.19. The summed E-state index contributed by atoms with van der Waals surface area (Å²) in [6.45, 7) is 8.39. The molecule has 2 amide bonds. The van der Waals surface area contributed by atoms with Crippen LogP contribution in [0.25, 0.3) is 0 Å². The number of ether oxygens (including phenoxy) is 1. The van der Waals surface area contributed by atoms with E-state index in [1.165, 1.54) is 18.2 Å². The number of amides is 2. The van der Waals surface area contributed by atoms with Gasteiger partial charge in [-0.1, -0.05) is 38.8 Å². The molecule has 0 aliphatic rings. The number of nitrogens with one attached hydrogen (secondary N) is 4. The molecule has 2 aromatic carbocycles. The van der Waals surface area contributed by atoms with Crippen molar-refractivity contribution in [3.63, 3.8) is 0 Å². The molecule has 0 aliphatic carbocycles. The molecule has 0 aliphatic heterocycles. The van der Waals surface area contributed by atoms with Crippen LogP contribution in [0.2, 0.25) is 0 Å². The standard InChI is InChI=1S/C28H43N5O6S/c1-6-19(3)20(4)30-27(34)23-16-22(33-40(5,37)38)12-13-26(23)39-17-21-11-10-18(2)15-25(21)31-28(35)24(32-36)9-7-8-14-29/h10-13,15-16,19-20,24,32-33,36H,6-9,14,17,29H2,1-5H3,(H,30,34)(H,31,35)/t19?,20-,24?/m1/s1. The molecule has 2 rings (SSSR count). The van der Waals surface area contributed by atoms with E-state index in [0.717, 1.165) is 24.7 Å². The predicted octanol–water partition coefficient (Wildman–Crippen LogP) is 3.52. The van der Waals surface area contributed by atoms with Gasteiger partial charge in [0.05, 0.1) is 11.8 Å². The minimum Gasteiger partial charge on any atom is -0.488 e. The first kappa shape index (κ1) is 33.0.